The summed E-state index contributed by atoms with van der Waals surface area (Å²) in [6.45, 7) is 4.73. The molecule has 0 amide bonds. The van der Waals surface area contributed by atoms with Crippen molar-refractivity contribution in [3.63, 3.8) is 0 Å². The number of carbonyl (C=O) groups excluding carboxylic acids is 1. The first-order valence-electron chi connectivity index (χ1n) is 6.61. The van der Waals surface area contributed by atoms with Gasteiger partial charge >= 0.3 is 5.97 Å². The average molecular weight is 311 g/mol. The molecule has 0 heterocycles. The fourth-order valence-corrected chi connectivity index (χ4v) is 2.41. The second-order valence-corrected chi connectivity index (χ2v) is 6.39. The lowest BCUT2D eigenvalue weighted by Crippen LogP contribution is -2.10. The van der Waals surface area contributed by atoms with E-state index in [1.54, 1.807) is 0 Å². The lowest BCUT2D eigenvalue weighted by atomic mass is 10.1. The molecule has 1 aromatic carbocycles. The molecule has 1 rings (SSSR count). The van der Waals surface area contributed by atoms with Crippen LogP contribution in [0.2, 0.25) is 0 Å². The standard InChI is InChI=1S/C15H21NO2S2/c1-11(2)6-7-18-14(17)10-20-9-12-4-3-5-13(8-12)15(16)19/h3-5,8,11H,6-7,9-10H2,1-2H3,(H2,16,19). The molecule has 0 bridgehead atoms. The van der Waals surface area contributed by atoms with Gasteiger partial charge in [-0.05, 0) is 24.0 Å². The molecule has 0 fully saturated rings. The number of thioether (sulfide) groups is 1. The SMILES string of the molecule is CC(C)CCOC(=O)CSCc1cccc(C(N)=S)c1. The molecule has 3 nitrogen and oxygen atoms in total. The van der Waals surface area contributed by atoms with Gasteiger partial charge < -0.3 is 10.5 Å². The van der Waals surface area contributed by atoms with E-state index in [2.05, 4.69) is 13.8 Å². The average Bonchev–Trinajstić information content (AvgIpc) is 2.38. The molecule has 0 atom stereocenters. The van der Waals surface area contributed by atoms with Crippen LogP contribution in [0.3, 0.4) is 0 Å². The highest BCUT2D eigenvalue weighted by Crippen LogP contribution is 2.14. The molecule has 0 radical (unpaired) electrons. The van der Waals surface area contributed by atoms with Gasteiger partial charge in [-0.3, -0.25) is 4.79 Å². The minimum Gasteiger partial charge on any atom is -0.465 e. The number of hydrogen-bond donors (Lipinski definition) is 1. The quantitative estimate of drug-likeness (QED) is 0.590. The molecule has 0 aliphatic rings. The van der Waals surface area contributed by atoms with Gasteiger partial charge in [-0.2, -0.15) is 0 Å². The Bertz CT molecular complexity index is 461. The zero-order chi connectivity index (χ0) is 15.0. The fourth-order valence-electron chi connectivity index (χ4n) is 1.52. The highest BCUT2D eigenvalue weighted by Gasteiger charge is 2.05. The lowest BCUT2D eigenvalue weighted by molar-refractivity contribution is -0.140. The van der Waals surface area contributed by atoms with Crippen LogP contribution in [0.1, 0.15) is 31.4 Å². The topological polar surface area (TPSA) is 52.3 Å². The monoisotopic (exact) mass is 311 g/mol. The van der Waals surface area contributed by atoms with Crippen molar-refractivity contribution < 1.29 is 9.53 Å². The maximum absolute atomic E-state index is 11.5. The molecule has 110 valence electrons. The highest BCUT2D eigenvalue weighted by atomic mass is 32.2. The normalized spacial score (nSPS) is 10.6. The first-order chi connectivity index (χ1) is 9.49. The fraction of sp³-hybridized carbons (Fsp3) is 0.467. The summed E-state index contributed by atoms with van der Waals surface area (Å²) in [6, 6.07) is 7.76. The molecule has 0 spiro atoms. The van der Waals surface area contributed by atoms with Crippen LogP contribution in [0, 0.1) is 5.92 Å². The van der Waals surface area contributed by atoms with E-state index < -0.39 is 0 Å². The molecule has 0 saturated heterocycles. The van der Waals surface area contributed by atoms with Crippen molar-refractivity contribution in [2.75, 3.05) is 12.4 Å². The zero-order valence-electron chi connectivity index (χ0n) is 11.9. The van der Waals surface area contributed by atoms with Crippen LogP contribution in [-0.2, 0) is 15.3 Å². The number of benzene rings is 1. The van der Waals surface area contributed by atoms with Crippen LogP contribution in [0.25, 0.3) is 0 Å². The summed E-state index contributed by atoms with van der Waals surface area (Å²) in [5, 5.41) is 0. The maximum Gasteiger partial charge on any atom is 0.315 e. The minimum absolute atomic E-state index is 0.152. The van der Waals surface area contributed by atoms with Crippen LogP contribution < -0.4 is 5.73 Å². The van der Waals surface area contributed by atoms with Crippen LogP contribution in [-0.4, -0.2) is 23.3 Å². The van der Waals surface area contributed by atoms with E-state index in [4.69, 9.17) is 22.7 Å². The van der Waals surface area contributed by atoms with Crippen LogP contribution in [0.4, 0.5) is 0 Å². The van der Waals surface area contributed by atoms with Crippen molar-refractivity contribution in [3.8, 4) is 0 Å². The zero-order valence-corrected chi connectivity index (χ0v) is 13.6. The molecule has 0 aliphatic heterocycles. The minimum atomic E-state index is -0.152. The van der Waals surface area contributed by atoms with Crippen LogP contribution in [0.15, 0.2) is 24.3 Å². The van der Waals surface area contributed by atoms with Gasteiger partial charge in [-0.25, -0.2) is 0 Å². The summed E-state index contributed by atoms with van der Waals surface area (Å²) >= 11 is 6.48. The van der Waals surface area contributed by atoms with E-state index in [1.165, 1.54) is 11.8 Å². The van der Waals surface area contributed by atoms with Crippen molar-refractivity contribution in [2.45, 2.75) is 26.0 Å². The third-order valence-electron chi connectivity index (χ3n) is 2.66. The largest absolute Gasteiger partial charge is 0.465 e. The molecule has 0 saturated carbocycles. The molecule has 0 aromatic heterocycles. The number of thiocarbonyl (C=S) groups is 1. The van der Waals surface area contributed by atoms with E-state index in [0.717, 1.165) is 23.3 Å². The van der Waals surface area contributed by atoms with Crippen molar-refractivity contribution >= 4 is 34.9 Å². The van der Waals surface area contributed by atoms with Gasteiger partial charge in [0.2, 0.25) is 0 Å². The van der Waals surface area contributed by atoms with Crippen molar-refractivity contribution in [2.24, 2.45) is 11.7 Å². The number of nitrogens with two attached hydrogens (primary N) is 1. The first-order valence-corrected chi connectivity index (χ1v) is 8.17. The number of carbonyl (C=O) groups is 1. The van der Waals surface area contributed by atoms with Gasteiger partial charge in [-0.15, -0.1) is 11.8 Å². The van der Waals surface area contributed by atoms with Gasteiger partial charge in [0.15, 0.2) is 0 Å². The highest BCUT2D eigenvalue weighted by molar-refractivity contribution is 7.99. The summed E-state index contributed by atoms with van der Waals surface area (Å²) < 4.78 is 5.15. The van der Waals surface area contributed by atoms with Crippen molar-refractivity contribution in [1.29, 1.82) is 0 Å². The summed E-state index contributed by atoms with van der Waals surface area (Å²) in [5.41, 5.74) is 7.55. The summed E-state index contributed by atoms with van der Waals surface area (Å²) in [6.07, 6.45) is 0.909. The van der Waals surface area contributed by atoms with Crippen molar-refractivity contribution in [3.05, 3.63) is 35.4 Å². The van der Waals surface area contributed by atoms with Crippen LogP contribution in [0.5, 0.6) is 0 Å². The molecule has 20 heavy (non-hydrogen) atoms. The van der Waals surface area contributed by atoms with Gasteiger partial charge in [0.1, 0.15) is 4.99 Å². The lowest BCUT2D eigenvalue weighted by Gasteiger charge is -2.07. The third kappa shape index (κ3) is 6.91. The Morgan fingerprint density at radius 2 is 2.20 bits per heavy atom. The van der Waals surface area contributed by atoms with Gasteiger partial charge in [0.25, 0.3) is 0 Å². The maximum atomic E-state index is 11.5. The van der Waals surface area contributed by atoms with E-state index >= 15 is 0 Å². The molecule has 0 aliphatic carbocycles. The number of ether oxygens (including phenoxy) is 1. The first kappa shape index (κ1) is 17.0. The van der Waals surface area contributed by atoms with E-state index in [-0.39, 0.29) is 5.97 Å². The van der Waals surface area contributed by atoms with E-state index in [9.17, 15) is 4.79 Å². The summed E-state index contributed by atoms with van der Waals surface area (Å²) in [4.78, 5) is 11.9. The molecule has 0 unspecified atom stereocenters. The van der Waals surface area contributed by atoms with Gasteiger partial charge in [0.05, 0.1) is 12.4 Å². The van der Waals surface area contributed by atoms with Crippen molar-refractivity contribution in [1.82, 2.24) is 0 Å². The van der Waals surface area contributed by atoms with Gasteiger partial charge in [-0.1, -0.05) is 44.3 Å². The smallest absolute Gasteiger partial charge is 0.315 e. The summed E-state index contributed by atoms with van der Waals surface area (Å²) in [7, 11) is 0. The molecule has 2 N–H and O–H groups in total. The number of esters is 1. The van der Waals surface area contributed by atoms with Crippen LogP contribution >= 0.6 is 24.0 Å². The molecule has 1 aromatic rings. The Labute approximate surface area is 130 Å². The Hall–Kier alpha value is -1.07. The second kappa shape index (κ2) is 8.97. The Kier molecular flexibility index (Phi) is 7.62. The van der Waals surface area contributed by atoms with E-state index in [0.29, 0.717) is 23.3 Å². The predicted octanol–water partition coefficient (Wildman–Crippen LogP) is 3.14. The molecule has 5 heteroatoms. The Morgan fingerprint density at radius 3 is 2.85 bits per heavy atom. The predicted molar refractivity (Wildman–Crippen MR) is 88.9 cm³/mol. The Balaban J connectivity index is 2.28. The number of rotatable bonds is 8. The second-order valence-electron chi connectivity index (χ2n) is 4.96. The number of hydrogen-bond acceptors (Lipinski definition) is 4. The Morgan fingerprint density at radius 1 is 1.45 bits per heavy atom. The molecular formula is C15H21NO2S2. The van der Waals surface area contributed by atoms with E-state index in [1.807, 2.05) is 24.3 Å². The molecular weight excluding hydrogens is 290 g/mol. The summed E-state index contributed by atoms with van der Waals surface area (Å²) in [5.74, 6) is 1.52. The van der Waals surface area contributed by atoms with Gasteiger partial charge in [0, 0.05) is 11.3 Å². The third-order valence-corrected chi connectivity index (χ3v) is 3.87.